The fourth-order valence-corrected chi connectivity index (χ4v) is 2.31. The normalized spacial score (nSPS) is 10.2. The largest absolute Gasteiger partial charge is 0.497 e. The van der Waals surface area contributed by atoms with E-state index in [0.717, 1.165) is 0 Å². The van der Waals surface area contributed by atoms with Crippen molar-refractivity contribution in [1.82, 2.24) is 0 Å². The molecular formula is C21H19NO6. The Labute approximate surface area is 161 Å². The number of hydrogen-bond donors (Lipinski definition) is 1. The topological polar surface area (TPSA) is 87.0 Å². The molecule has 0 saturated heterocycles. The Balaban J connectivity index is 1.45. The first-order chi connectivity index (χ1) is 13.6. The highest BCUT2D eigenvalue weighted by Crippen LogP contribution is 2.16. The van der Waals surface area contributed by atoms with Crippen LogP contribution in [0.2, 0.25) is 0 Å². The molecule has 1 aromatic heterocycles. The van der Waals surface area contributed by atoms with Crippen LogP contribution in [0.15, 0.2) is 71.1 Å². The molecule has 3 rings (SSSR count). The molecule has 0 unspecified atom stereocenters. The average Bonchev–Trinajstić information content (AvgIpc) is 3.21. The molecule has 0 radical (unpaired) electrons. The molecule has 0 aliphatic heterocycles. The molecule has 144 valence electrons. The zero-order valence-electron chi connectivity index (χ0n) is 15.2. The van der Waals surface area contributed by atoms with Crippen molar-refractivity contribution in [2.45, 2.75) is 6.61 Å². The second-order valence-corrected chi connectivity index (χ2v) is 5.72. The van der Waals surface area contributed by atoms with Crippen molar-refractivity contribution >= 4 is 17.6 Å². The van der Waals surface area contributed by atoms with Crippen LogP contribution in [-0.4, -0.2) is 25.6 Å². The van der Waals surface area contributed by atoms with Gasteiger partial charge >= 0.3 is 5.97 Å². The van der Waals surface area contributed by atoms with E-state index in [9.17, 15) is 9.59 Å². The van der Waals surface area contributed by atoms with Gasteiger partial charge in [0.15, 0.2) is 6.61 Å². The average molecular weight is 381 g/mol. The summed E-state index contributed by atoms with van der Waals surface area (Å²) in [5.74, 6) is 0.656. The van der Waals surface area contributed by atoms with E-state index in [4.69, 9.17) is 18.6 Å². The maximum absolute atomic E-state index is 12.0. The molecule has 1 amide bonds. The molecule has 0 aliphatic carbocycles. The number of methoxy groups -OCH3 is 1. The van der Waals surface area contributed by atoms with E-state index in [1.54, 1.807) is 37.4 Å². The minimum atomic E-state index is -0.726. The second-order valence-electron chi connectivity index (χ2n) is 5.72. The molecule has 0 fully saturated rings. The van der Waals surface area contributed by atoms with Gasteiger partial charge in [-0.25, -0.2) is 4.79 Å². The Morgan fingerprint density at radius 2 is 1.68 bits per heavy atom. The van der Waals surface area contributed by atoms with Gasteiger partial charge in [0, 0.05) is 5.69 Å². The Morgan fingerprint density at radius 3 is 2.39 bits per heavy atom. The quantitative estimate of drug-likeness (QED) is 0.599. The van der Waals surface area contributed by atoms with Gasteiger partial charge in [-0.2, -0.15) is 0 Å². The lowest BCUT2D eigenvalue weighted by atomic mass is 10.3. The number of rotatable bonds is 8. The van der Waals surface area contributed by atoms with Crippen LogP contribution in [0.1, 0.15) is 16.3 Å². The third-order valence-electron chi connectivity index (χ3n) is 3.70. The number of carbonyl (C=O) groups is 2. The Morgan fingerprint density at radius 1 is 0.929 bits per heavy atom. The minimum Gasteiger partial charge on any atom is -0.497 e. The van der Waals surface area contributed by atoms with Crippen LogP contribution >= 0.6 is 0 Å². The van der Waals surface area contributed by atoms with Gasteiger partial charge in [-0.05, 0) is 48.5 Å². The van der Waals surface area contributed by atoms with E-state index >= 15 is 0 Å². The molecule has 7 nitrogen and oxygen atoms in total. The van der Waals surface area contributed by atoms with Crippen LogP contribution in [0.25, 0.3) is 0 Å². The maximum atomic E-state index is 12.0. The van der Waals surface area contributed by atoms with Gasteiger partial charge in [-0.3, -0.25) is 4.79 Å². The van der Waals surface area contributed by atoms with Crippen LogP contribution < -0.4 is 14.8 Å². The second kappa shape index (κ2) is 9.27. The highest BCUT2D eigenvalue weighted by atomic mass is 16.6. The SMILES string of the molecule is COc1ccc(NC(=O)COC(=O)c2ccc(COc3ccccc3)o2)cc1. The summed E-state index contributed by atoms with van der Waals surface area (Å²) >= 11 is 0. The van der Waals surface area contributed by atoms with Crippen LogP contribution in [0.4, 0.5) is 5.69 Å². The van der Waals surface area contributed by atoms with Gasteiger partial charge in [0.05, 0.1) is 7.11 Å². The fourth-order valence-electron chi connectivity index (χ4n) is 2.31. The summed E-state index contributed by atoms with van der Waals surface area (Å²) in [4.78, 5) is 23.9. The fraction of sp³-hybridized carbons (Fsp3) is 0.143. The van der Waals surface area contributed by atoms with E-state index in [2.05, 4.69) is 5.32 Å². The number of furan rings is 1. The molecular weight excluding hydrogens is 362 g/mol. The van der Waals surface area contributed by atoms with Gasteiger partial charge < -0.3 is 23.9 Å². The smallest absolute Gasteiger partial charge is 0.374 e. The summed E-state index contributed by atoms with van der Waals surface area (Å²) in [6.07, 6.45) is 0. The monoisotopic (exact) mass is 381 g/mol. The van der Waals surface area contributed by atoms with E-state index in [1.165, 1.54) is 6.07 Å². The summed E-state index contributed by atoms with van der Waals surface area (Å²) in [5, 5.41) is 2.62. The lowest BCUT2D eigenvalue weighted by molar-refractivity contribution is -0.119. The number of hydrogen-bond acceptors (Lipinski definition) is 6. The van der Waals surface area contributed by atoms with Crippen LogP contribution in [0.5, 0.6) is 11.5 Å². The first-order valence-corrected chi connectivity index (χ1v) is 8.51. The number of esters is 1. The Kier molecular flexibility index (Phi) is 6.30. The first-order valence-electron chi connectivity index (χ1n) is 8.51. The molecule has 0 spiro atoms. The van der Waals surface area contributed by atoms with Crippen molar-refractivity contribution < 1.29 is 28.2 Å². The van der Waals surface area contributed by atoms with Gasteiger partial charge in [-0.15, -0.1) is 0 Å². The van der Waals surface area contributed by atoms with Crippen molar-refractivity contribution in [3.05, 3.63) is 78.3 Å². The molecule has 2 aromatic carbocycles. The van der Waals surface area contributed by atoms with E-state index in [-0.39, 0.29) is 12.4 Å². The number of benzene rings is 2. The number of para-hydroxylation sites is 1. The lowest BCUT2D eigenvalue weighted by Gasteiger charge is -2.06. The maximum Gasteiger partial charge on any atom is 0.374 e. The van der Waals surface area contributed by atoms with Crippen molar-refractivity contribution in [1.29, 1.82) is 0 Å². The zero-order valence-corrected chi connectivity index (χ0v) is 15.2. The zero-order chi connectivity index (χ0) is 19.8. The molecule has 1 N–H and O–H groups in total. The Hall–Kier alpha value is -3.74. The van der Waals surface area contributed by atoms with Gasteiger partial charge in [-0.1, -0.05) is 18.2 Å². The molecule has 3 aromatic rings. The standard InChI is InChI=1S/C21H19NO6/c1-25-16-9-7-15(8-10-16)22-20(23)14-27-21(24)19-12-11-18(28-19)13-26-17-5-3-2-4-6-17/h2-12H,13-14H2,1H3,(H,22,23). The van der Waals surface area contributed by atoms with Crippen molar-refractivity contribution in [2.24, 2.45) is 0 Å². The van der Waals surface area contributed by atoms with E-state index in [0.29, 0.717) is 22.9 Å². The van der Waals surface area contributed by atoms with Crippen molar-refractivity contribution in [3.8, 4) is 11.5 Å². The third kappa shape index (κ3) is 5.38. The predicted molar refractivity (Wildman–Crippen MR) is 101 cm³/mol. The molecule has 7 heteroatoms. The summed E-state index contributed by atoms with van der Waals surface area (Å²) in [7, 11) is 1.56. The van der Waals surface area contributed by atoms with E-state index < -0.39 is 18.5 Å². The summed E-state index contributed by atoms with van der Waals surface area (Å²) in [5.41, 5.74) is 0.570. The third-order valence-corrected chi connectivity index (χ3v) is 3.70. The summed E-state index contributed by atoms with van der Waals surface area (Å²) in [6.45, 7) is -0.253. The number of amides is 1. The first kappa shape index (κ1) is 19.0. The molecule has 0 atom stereocenters. The molecule has 28 heavy (non-hydrogen) atoms. The highest BCUT2D eigenvalue weighted by molar-refractivity contribution is 5.94. The summed E-state index contributed by atoms with van der Waals surface area (Å²) < 4.78 is 21.0. The van der Waals surface area contributed by atoms with Gasteiger partial charge in [0.2, 0.25) is 5.76 Å². The molecule has 0 aliphatic rings. The van der Waals surface area contributed by atoms with Crippen molar-refractivity contribution in [2.75, 3.05) is 19.0 Å². The van der Waals surface area contributed by atoms with E-state index in [1.807, 2.05) is 30.3 Å². The number of carbonyl (C=O) groups excluding carboxylic acids is 2. The number of nitrogens with one attached hydrogen (secondary N) is 1. The Bertz CT molecular complexity index is 918. The lowest BCUT2D eigenvalue weighted by Crippen LogP contribution is -2.20. The van der Waals surface area contributed by atoms with Crippen molar-refractivity contribution in [3.63, 3.8) is 0 Å². The van der Waals surface area contributed by atoms with Gasteiger partial charge in [0.25, 0.3) is 5.91 Å². The van der Waals surface area contributed by atoms with Crippen LogP contribution in [0, 0.1) is 0 Å². The molecule has 0 saturated carbocycles. The molecule has 0 bridgehead atoms. The van der Waals surface area contributed by atoms with Gasteiger partial charge in [0.1, 0.15) is 23.9 Å². The van der Waals surface area contributed by atoms with Crippen LogP contribution in [0.3, 0.4) is 0 Å². The highest BCUT2D eigenvalue weighted by Gasteiger charge is 2.15. The minimum absolute atomic E-state index is 0.00362. The predicted octanol–water partition coefficient (Wildman–Crippen LogP) is 3.66. The number of ether oxygens (including phenoxy) is 3. The summed E-state index contributed by atoms with van der Waals surface area (Å²) in [6, 6.07) is 19.1. The molecule has 1 heterocycles. The number of anilines is 1. The van der Waals surface area contributed by atoms with Crippen LogP contribution in [-0.2, 0) is 16.1 Å².